The number of likely N-dealkylation sites (N-methyl/N-ethyl adjacent to an activating group) is 1. The minimum absolute atomic E-state index is 0.0941. The van der Waals surface area contributed by atoms with Gasteiger partial charge in [0.25, 0.3) is 15.9 Å². The van der Waals surface area contributed by atoms with E-state index in [4.69, 9.17) is 11.6 Å². The van der Waals surface area contributed by atoms with Crippen LogP contribution >= 0.6 is 11.6 Å². The van der Waals surface area contributed by atoms with Gasteiger partial charge in [-0.3, -0.25) is 9.10 Å². The number of hydrogen-bond acceptors (Lipinski definition) is 3. The molecule has 3 rings (SSSR count). The Morgan fingerprint density at radius 1 is 1.15 bits per heavy atom. The summed E-state index contributed by atoms with van der Waals surface area (Å²) in [4.78, 5) is 13.1. The number of benzene rings is 2. The number of carbonyl (C=O) groups excluding carboxylic acids is 1. The SMILES string of the molecule is CC(C)CNC(=O)C1=C(c2ccccc2)c2cc(Cl)ccc2S(=O)(=O)N1C. The number of sulfonamides is 1. The van der Waals surface area contributed by atoms with Crippen LogP contribution in [0.3, 0.4) is 0 Å². The first-order valence-corrected chi connectivity index (χ1v) is 10.4. The van der Waals surface area contributed by atoms with Gasteiger partial charge in [0.2, 0.25) is 0 Å². The summed E-state index contributed by atoms with van der Waals surface area (Å²) in [6, 6.07) is 13.9. The van der Waals surface area contributed by atoms with E-state index >= 15 is 0 Å². The maximum absolute atomic E-state index is 13.0. The number of halogens is 1. The van der Waals surface area contributed by atoms with E-state index in [2.05, 4.69) is 5.32 Å². The lowest BCUT2D eigenvalue weighted by molar-refractivity contribution is -0.118. The van der Waals surface area contributed by atoms with Gasteiger partial charge in [0.15, 0.2) is 0 Å². The molecular formula is C20H21ClN2O3S. The first kappa shape index (κ1) is 19.5. The van der Waals surface area contributed by atoms with Crippen LogP contribution in [0, 0.1) is 5.92 Å². The molecule has 0 aromatic heterocycles. The molecule has 1 N–H and O–H groups in total. The van der Waals surface area contributed by atoms with Crippen LogP contribution in [0.25, 0.3) is 5.57 Å². The molecular weight excluding hydrogens is 384 g/mol. The van der Waals surface area contributed by atoms with Gasteiger partial charge in [0.1, 0.15) is 5.70 Å². The smallest absolute Gasteiger partial charge is 0.269 e. The fourth-order valence-electron chi connectivity index (χ4n) is 3.01. The zero-order valence-corrected chi connectivity index (χ0v) is 16.9. The summed E-state index contributed by atoms with van der Waals surface area (Å²) < 4.78 is 27.1. The number of rotatable bonds is 4. The molecule has 0 spiro atoms. The molecule has 5 nitrogen and oxygen atoms in total. The minimum Gasteiger partial charge on any atom is -0.350 e. The largest absolute Gasteiger partial charge is 0.350 e. The van der Waals surface area contributed by atoms with Crippen LogP contribution in [0.15, 0.2) is 59.1 Å². The van der Waals surface area contributed by atoms with Crippen LogP contribution in [0.2, 0.25) is 5.02 Å². The average Bonchev–Trinajstić information content (AvgIpc) is 2.63. The molecule has 27 heavy (non-hydrogen) atoms. The molecule has 1 amide bonds. The van der Waals surface area contributed by atoms with Gasteiger partial charge in [-0.15, -0.1) is 0 Å². The lowest BCUT2D eigenvalue weighted by Crippen LogP contribution is -2.40. The molecule has 0 unspecified atom stereocenters. The number of amides is 1. The van der Waals surface area contributed by atoms with Crippen molar-refractivity contribution in [3.8, 4) is 0 Å². The number of nitrogens with zero attached hydrogens (tertiary/aromatic N) is 1. The van der Waals surface area contributed by atoms with E-state index < -0.39 is 15.9 Å². The Morgan fingerprint density at radius 3 is 2.44 bits per heavy atom. The summed E-state index contributed by atoms with van der Waals surface area (Å²) in [6.45, 7) is 4.40. The van der Waals surface area contributed by atoms with Gasteiger partial charge in [-0.2, -0.15) is 0 Å². The Bertz CT molecular complexity index is 1010. The lowest BCUT2D eigenvalue weighted by Gasteiger charge is -2.31. The average molecular weight is 405 g/mol. The molecule has 142 valence electrons. The molecule has 1 heterocycles. The Kier molecular flexibility index (Phi) is 5.31. The van der Waals surface area contributed by atoms with Crippen molar-refractivity contribution in [2.45, 2.75) is 18.7 Å². The molecule has 1 aliphatic heterocycles. The first-order valence-electron chi connectivity index (χ1n) is 8.60. The molecule has 0 fully saturated rings. The van der Waals surface area contributed by atoms with Gasteiger partial charge in [-0.25, -0.2) is 8.42 Å². The molecule has 0 bridgehead atoms. The van der Waals surface area contributed by atoms with Crippen LogP contribution in [0.5, 0.6) is 0 Å². The van der Waals surface area contributed by atoms with Gasteiger partial charge in [0.05, 0.1) is 4.90 Å². The summed E-state index contributed by atoms with van der Waals surface area (Å²) in [7, 11) is -2.45. The second kappa shape index (κ2) is 7.37. The zero-order chi connectivity index (χ0) is 19.8. The molecule has 0 saturated heterocycles. The van der Waals surface area contributed by atoms with E-state index in [1.165, 1.54) is 19.2 Å². The van der Waals surface area contributed by atoms with Crippen molar-refractivity contribution in [1.29, 1.82) is 0 Å². The van der Waals surface area contributed by atoms with E-state index in [1.807, 2.05) is 44.2 Å². The molecule has 2 aromatic rings. The Balaban J connectivity index is 2.32. The van der Waals surface area contributed by atoms with Crippen LogP contribution in [-0.4, -0.2) is 32.2 Å². The van der Waals surface area contributed by atoms with E-state index in [0.717, 1.165) is 9.87 Å². The highest BCUT2D eigenvalue weighted by atomic mass is 35.5. The summed E-state index contributed by atoms with van der Waals surface area (Å²) in [5, 5.41) is 3.24. The highest BCUT2D eigenvalue weighted by Crippen LogP contribution is 2.40. The van der Waals surface area contributed by atoms with Gasteiger partial charge in [-0.05, 0) is 29.7 Å². The number of carbonyl (C=O) groups is 1. The van der Waals surface area contributed by atoms with Gasteiger partial charge < -0.3 is 5.32 Å². The molecule has 7 heteroatoms. The fraction of sp³-hybridized carbons (Fsp3) is 0.250. The predicted octanol–water partition coefficient (Wildman–Crippen LogP) is 3.51. The molecule has 0 aliphatic carbocycles. The van der Waals surface area contributed by atoms with E-state index in [-0.39, 0.29) is 16.5 Å². The highest BCUT2D eigenvalue weighted by molar-refractivity contribution is 7.89. The zero-order valence-electron chi connectivity index (χ0n) is 15.4. The molecule has 0 radical (unpaired) electrons. The first-order chi connectivity index (χ1) is 12.7. The fourth-order valence-corrected chi connectivity index (χ4v) is 4.57. The van der Waals surface area contributed by atoms with Gasteiger partial charge in [-0.1, -0.05) is 55.8 Å². The molecule has 0 saturated carbocycles. The van der Waals surface area contributed by atoms with Crippen molar-refractivity contribution >= 4 is 33.1 Å². The summed E-state index contributed by atoms with van der Waals surface area (Å²) in [5.74, 6) is -0.193. The Labute approximate surface area is 164 Å². The standard InChI is InChI=1S/C20H21ClN2O3S/c1-13(2)12-22-20(24)19-18(14-7-5-4-6-8-14)16-11-15(21)9-10-17(16)27(25,26)23(19)3/h4-11,13H,12H2,1-3H3,(H,22,24). The van der Waals surface area contributed by atoms with Crippen LogP contribution in [-0.2, 0) is 14.8 Å². The summed E-state index contributed by atoms with van der Waals surface area (Å²) in [5.41, 5.74) is 1.82. The monoisotopic (exact) mass is 404 g/mol. The molecule has 1 aliphatic rings. The van der Waals surface area contributed by atoms with Crippen molar-refractivity contribution in [3.63, 3.8) is 0 Å². The maximum atomic E-state index is 13.0. The number of fused-ring (bicyclic) bond motifs is 1. The number of hydrogen-bond donors (Lipinski definition) is 1. The van der Waals surface area contributed by atoms with Crippen LogP contribution < -0.4 is 5.32 Å². The van der Waals surface area contributed by atoms with E-state index in [9.17, 15) is 13.2 Å². The lowest BCUT2D eigenvalue weighted by atomic mass is 9.95. The predicted molar refractivity (Wildman–Crippen MR) is 107 cm³/mol. The van der Waals surface area contributed by atoms with Crippen molar-refractivity contribution in [2.24, 2.45) is 5.92 Å². The maximum Gasteiger partial charge on any atom is 0.269 e. The minimum atomic E-state index is -3.86. The molecule has 0 atom stereocenters. The van der Waals surface area contributed by atoms with Crippen LogP contribution in [0.4, 0.5) is 0 Å². The normalized spacial score (nSPS) is 15.7. The topological polar surface area (TPSA) is 66.5 Å². The third kappa shape index (κ3) is 3.59. The van der Waals surface area contributed by atoms with E-state index in [0.29, 0.717) is 22.7 Å². The van der Waals surface area contributed by atoms with Gasteiger partial charge >= 0.3 is 0 Å². The second-order valence-corrected chi connectivity index (χ2v) is 9.18. The van der Waals surface area contributed by atoms with Crippen molar-refractivity contribution < 1.29 is 13.2 Å². The summed E-state index contributed by atoms with van der Waals surface area (Å²) in [6.07, 6.45) is 0. The molecule has 2 aromatic carbocycles. The number of nitrogens with one attached hydrogen (secondary N) is 1. The Morgan fingerprint density at radius 2 is 1.81 bits per heavy atom. The van der Waals surface area contributed by atoms with Crippen molar-refractivity contribution in [1.82, 2.24) is 9.62 Å². The summed E-state index contributed by atoms with van der Waals surface area (Å²) >= 11 is 6.16. The van der Waals surface area contributed by atoms with E-state index in [1.54, 1.807) is 6.07 Å². The Hall–Kier alpha value is -2.31. The quantitative estimate of drug-likeness (QED) is 0.847. The third-order valence-corrected chi connectivity index (χ3v) is 6.40. The third-order valence-electron chi connectivity index (χ3n) is 4.35. The second-order valence-electron chi connectivity index (χ2n) is 6.81. The highest BCUT2D eigenvalue weighted by Gasteiger charge is 2.38. The van der Waals surface area contributed by atoms with Crippen molar-refractivity contribution in [2.75, 3.05) is 13.6 Å². The van der Waals surface area contributed by atoms with Crippen molar-refractivity contribution in [3.05, 3.63) is 70.4 Å². The van der Waals surface area contributed by atoms with Gasteiger partial charge in [0, 0.05) is 29.8 Å². The van der Waals surface area contributed by atoms with Crippen LogP contribution in [0.1, 0.15) is 25.0 Å².